The summed E-state index contributed by atoms with van der Waals surface area (Å²) in [6.45, 7) is 1.51. The zero-order valence-electron chi connectivity index (χ0n) is 26.7. The molecule has 0 aliphatic heterocycles. The summed E-state index contributed by atoms with van der Waals surface area (Å²) in [6.07, 6.45) is 4.44. The van der Waals surface area contributed by atoms with Gasteiger partial charge in [-0.1, -0.05) is 85.6 Å². The van der Waals surface area contributed by atoms with Crippen molar-refractivity contribution < 1.29 is 29.2 Å². The Balaban J connectivity index is 0.000000854. The standard InChI is InChI=1S/C34H38N2O4.C3H8O2/c1-39-31-19-7-3-13-25(31)27-15-9-11-23(33(27)37)21-35-29-17-5-6-18-30(29)36-22-24-12-10-16-28(34(24)38)26-14-4-8-20-32(26)40-2;1-4-3-5-2/h3-4,7-16,19-20,29-30,35-38H,5-6,17-18,21-22H2,1-2H3;3H2,1-2H3/t29-,30-;/m1./s1. The van der Waals surface area contributed by atoms with Gasteiger partial charge in [-0.15, -0.1) is 0 Å². The third-order valence-corrected chi connectivity index (χ3v) is 8.14. The molecule has 8 nitrogen and oxygen atoms in total. The quantitative estimate of drug-likeness (QED) is 0.128. The molecule has 1 fully saturated rings. The van der Waals surface area contributed by atoms with Crippen LogP contribution in [0.15, 0.2) is 84.9 Å². The molecule has 4 aromatic carbocycles. The topological polar surface area (TPSA) is 101 Å². The summed E-state index contributed by atoms with van der Waals surface area (Å²) in [4.78, 5) is 0. The van der Waals surface area contributed by atoms with Gasteiger partial charge in [0, 0.05) is 72.8 Å². The third-order valence-electron chi connectivity index (χ3n) is 8.14. The van der Waals surface area contributed by atoms with E-state index in [1.54, 1.807) is 28.4 Å². The number of phenolic OH excluding ortho intramolecular Hbond substituents is 2. The summed E-state index contributed by atoms with van der Waals surface area (Å²) >= 11 is 0. The molecule has 1 aliphatic rings. The van der Waals surface area contributed by atoms with Gasteiger partial charge in [-0.2, -0.15) is 0 Å². The molecule has 0 saturated heterocycles. The second kappa shape index (κ2) is 17.4. The van der Waals surface area contributed by atoms with Crippen molar-refractivity contribution in [3.63, 3.8) is 0 Å². The fourth-order valence-electron chi connectivity index (χ4n) is 5.86. The van der Waals surface area contributed by atoms with Crippen molar-refractivity contribution in [2.24, 2.45) is 0 Å². The van der Waals surface area contributed by atoms with Gasteiger partial charge in [0.25, 0.3) is 0 Å². The molecule has 0 aromatic heterocycles. The number of aromatic hydroxyl groups is 2. The van der Waals surface area contributed by atoms with Gasteiger partial charge < -0.3 is 39.8 Å². The Hall–Kier alpha value is -4.08. The number of benzene rings is 4. The van der Waals surface area contributed by atoms with Gasteiger partial charge in [0.05, 0.1) is 14.2 Å². The number of nitrogens with one attached hydrogen (secondary N) is 2. The lowest BCUT2D eigenvalue weighted by Gasteiger charge is -2.33. The average molecular weight is 615 g/mol. The molecule has 0 radical (unpaired) electrons. The van der Waals surface area contributed by atoms with Gasteiger partial charge in [0.1, 0.15) is 29.8 Å². The van der Waals surface area contributed by atoms with Crippen molar-refractivity contribution in [3.05, 3.63) is 96.1 Å². The maximum Gasteiger partial charge on any atom is 0.145 e. The summed E-state index contributed by atoms with van der Waals surface area (Å²) in [7, 11) is 6.46. The number of hydrogen-bond donors (Lipinski definition) is 4. The Bertz CT molecular complexity index is 1380. The lowest BCUT2D eigenvalue weighted by molar-refractivity contribution is -0.00272. The lowest BCUT2D eigenvalue weighted by Crippen LogP contribution is -2.49. The van der Waals surface area contributed by atoms with Crippen LogP contribution in [0.1, 0.15) is 36.8 Å². The first-order valence-corrected chi connectivity index (χ1v) is 15.3. The van der Waals surface area contributed by atoms with Gasteiger partial charge in [-0.25, -0.2) is 0 Å². The van der Waals surface area contributed by atoms with Crippen LogP contribution in [0.25, 0.3) is 22.3 Å². The number of para-hydroxylation sites is 4. The molecule has 2 atom stereocenters. The van der Waals surface area contributed by atoms with E-state index >= 15 is 0 Å². The Kier molecular flexibility index (Phi) is 13.1. The molecule has 1 saturated carbocycles. The highest BCUT2D eigenvalue weighted by Gasteiger charge is 2.25. The van der Waals surface area contributed by atoms with E-state index in [1.807, 2.05) is 84.9 Å². The zero-order chi connectivity index (χ0) is 32.0. The van der Waals surface area contributed by atoms with E-state index in [2.05, 4.69) is 20.1 Å². The van der Waals surface area contributed by atoms with Crippen LogP contribution in [-0.4, -0.2) is 57.5 Å². The molecule has 45 heavy (non-hydrogen) atoms. The molecular formula is C37H46N2O6. The van der Waals surface area contributed by atoms with Crippen LogP contribution in [0.5, 0.6) is 23.0 Å². The van der Waals surface area contributed by atoms with Gasteiger partial charge in [0.15, 0.2) is 0 Å². The molecule has 0 spiro atoms. The number of hydrogen-bond acceptors (Lipinski definition) is 8. The van der Waals surface area contributed by atoms with Gasteiger partial charge in [-0.3, -0.25) is 0 Å². The van der Waals surface area contributed by atoms with Crippen LogP contribution in [0.2, 0.25) is 0 Å². The molecular weight excluding hydrogens is 568 g/mol. The SMILES string of the molecule is COCOC.COc1ccccc1-c1cccc(CN[C@@H]2CCCC[C@H]2NCc2cccc(-c3ccccc3OC)c2O)c1O. The molecule has 240 valence electrons. The van der Waals surface area contributed by atoms with E-state index in [1.165, 1.54) is 0 Å². The highest BCUT2D eigenvalue weighted by Crippen LogP contribution is 2.39. The zero-order valence-corrected chi connectivity index (χ0v) is 26.7. The van der Waals surface area contributed by atoms with Crippen molar-refractivity contribution >= 4 is 0 Å². The maximum absolute atomic E-state index is 11.1. The minimum atomic E-state index is 0.252. The van der Waals surface area contributed by atoms with Gasteiger partial charge in [-0.05, 0) is 25.0 Å². The normalized spacial score (nSPS) is 16.0. The lowest BCUT2D eigenvalue weighted by atomic mass is 9.89. The predicted octanol–water partition coefficient (Wildman–Crippen LogP) is 6.88. The fourth-order valence-corrected chi connectivity index (χ4v) is 5.86. The van der Waals surface area contributed by atoms with E-state index in [-0.39, 0.29) is 23.6 Å². The van der Waals surface area contributed by atoms with Crippen LogP contribution in [0, 0.1) is 0 Å². The fraction of sp³-hybridized carbons (Fsp3) is 0.351. The monoisotopic (exact) mass is 614 g/mol. The van der Waals surface area contributed by atoms with Crippen molar-refractivity contribution in [1.29, 1.82) is 0 Å². The largest absolute Gasteiger partial charge is 0.507 e. The second-order valence-corrected chi connectivity index (χ2v) is 11.0. The van der Waals surface area contributed by atoms with E-state index in [4.69, 9.17) is 9.47 Å². The van der Waals surface area contributed by atoms with Gasteiger partial charge in [0.2, 0.25) is 0 Å². The first kappa shape index (κ1) is 33.8. The Morgan fingerprint density at radius 1 is 0.556 bits per heavy atom. The predicted molar refractivity (Wildman–Crippen MR) is 179 cm³/mol. The molecule has 0 amide bonds. The second-order valence-electron chi connectivity index (χ2n) is 11.0. The molecule has 8 heteroatoms. The molecule has 1 aliphatic carbocycles. The van der Waals surface area contributed by atoms with Gasteiger partial charge >= 0.3 is 0 Å². The molecule has 0 unspecified atom stereocenters. The first-order valence-electron chi connectivity index (χ1n) is 15.3. The molecule has 0 bridgehead atoms. The van der Waals surface area contributed by atoms with E-state index in [9.17, 15) is 10.2 Å². The number of rotatable bonds is 12. The van der Waals surface area contributed by atoms with Crippen molar-refractivity contribution in [2.75, 3.05) is 35.2 Å². The Morgan fingerprint density at radius 2 is 0.956 bits per heavy atom. The van der Waals surface area contributed by atoms with Crippen LogP contribution in [0.3, 0.4) is 0 Å². The first-order chi connectivity index (χ1) is 22.0. The van der Waals surface area contributed by atoms with E-state index in [0.29, 0.717) is 19.9 Å². The minimum absolute atomic E-state index is 0.252. The minimum Gasteiger partial charge on any atom is -0.507 e. The number of phenols is 2. The summed E-state index contributed by atoms with van der Waals surface area (Å²) in [5.74, 6) is 2.02. The average Bonchev–Trinajstić information content (AvgIpc) is 3.08. The number of ether oxygens (including phenoxy) is 4. The Morgan fingerprint density at radius 3 is 1.33 bits per heavy atom. The summed E-state index contributed by atoms with van der Waals surface area (Å²) < 4.78 is 20.0. The van der Waals surface area contributed by atoms with E-state index in [0.717, 1.165) is 70.6 Å². The van der Waals surface area contributed by atoms with Crippen LogP contribution in [-0.2, 0) is 22.6 Å². The van der Waals surface area contributed by atoms with Crippen LogP contribution in [0.4, 0.5) is 0 Å². The highest BCUT2D eigenvalue weighted by molar-refractivity contribution is 5.77. The van der Waals surface area contributed by atoms with E-state index < -0.39 is 0 Å². The van der Waals surface area contributed by atoms with Crippen LogP contribution >= 0.6 is 0 Å². The van der Waals surface area contributed by atoms with Crippen LogP contribution < -0.4 is 20.1 Å². The molecule has 5 rings (SSSR count). The van der Waals surface area contributed by atoms with Crippen molar-refractivity contribution in [1.82, 2.24) is 10.6 Å². The highest BCUT2D eigenvalue weighted by atomic mass is 16.6. The number of methoxy groups -OCH3 is 4. The molecule has 4 N–H and O–H groups in total. The summed E-state index contributed by atoms with van der Waals surface area (Å²) in [6, 6.07) is 27.7. The Labute approximate surface area is 266 Å². The molecule has 0 heterocycles. The maximum atomic E-state index is 11.1. The smallest absolute Gasteiger partial charge is 0.145 e. The summed E-state index contributed by atoms with van der Waals surface area (Å²) in [5, 5.41) is 29.7. The van der Waals surface area contributed by atoms with Crippen molar-refractivity contribution in [3.8, 4) is 45.3 Å². The van der Waals surface area contributed by atoms with Crippen molar-refractivity contribution in [2.45, 2.75) is 50.9 Å². The third kappa shape index (κ3) is 8.77. The summed E-state index contributed by atoms with van der Waals surface area (Å²) in [5.41, 5.74) is 4.99. The molecule has 4 aromatic rings.